The van der Waals surface area contributed by atoms with Crippen molar-refractivity contribution in [2.24, 2.45) is 0 Å². The van der Waals surface area contributed by atoms with Gasteiger partial charge in [-0.1, -0.05) is 44.2 Å². The topological polar surface area (TPSA) is 29.1 Å². The molecule has 15 heavy (non-hydrogen) atoms. The fraction of sp³-hybridized carbons (Fsp3) is 0.462. The van der Waals surface area contributed by atoms with Gasteiger partial charge in [0.1, 0.15) is 6.29 Å². The molecule has 0 fully saturated rings. The Bertz CT molecular complexity index is 209. The Labute approximate surface area is 93.7 Å². The Hall–Kier alpha value is -1.15. The van der Waals surface area contributed by atoms with E-state index < -0.39 is 0 Å². The molecule has 0 saturated carbocycles. The number of carbonyl (C=O) groups is 1. The highest BCUT2D eigenvalue weighted by molar-refractivity contribution is 5.49. The van der Waals surface area contributed by atoms with Crippen molar-refractivity contribution in [2.45, 2.75) is 26.7 Å². The zero-order chi connectivity index (χ0) is 11.9. The van der Waals surface area contributed by atoms with Crippen molar-refractivity contribution in [1.29, 1.82) is 0 Å². The molecule has 86 valence electrons. The molecule has 0 aromatic heterocycles. The second kappa shape index (κ2) is 15.3. The van der Waals surface area contributed by atoms with Crippen LogP contribution in [0.3, 0.4) is 0 Å². The third kappa shape index (κ3) is 12.8. The molecule has 0 atom stereocenters. The lowest BCUT2D eigenvalue weighted by molar-refractivity contribution is -0.107. The number of aryl methyl sites for hydroxylation is 1. The van der Waals surface area contributed by atoms with E-state index in [4.69, 9.17) is 0 Å². The summed E-state index contributed by atoms with van der Waals surface area (Å²) in [5.41, 5.74) is 1.23. The van der Waals surface area contributed by atoms with Gasteiger partial charge < -0.3 is 10.1 Å². The Kier molecular flexibility index (Phi) is 16.6. The smallest absolute Gasteiger partial charge is 0.120 e. The van der Waals surface area contributed by atoms with Gasteiger partial charge in [-0.05, 0) is 26.1 Å². The third-order valence-electron chi connectivity index (χ3n) is 1.39. The SMILES string of the molecule is CC.CNC.O=CCCc1ccccc1. The molecule has 2 nitrogen and oxygen atoms in total. The quantitative estimate of drug-likeness (QED) is 0.775. The van der Waals surface area contributed by atoms with Gasteiger partial charge in [0.2, 0.25) is 0 Å². The van der Waals surface area contributed by atoms with Crippen LogP contribution in [0.5, 0.6) is 0 Å². The molecular formula is C13H23NO. The first-order valence-corrected chi connectivity index (χ1v) is 5.41. The number of carbonyl (C=O) groups excluding carboxylic acids is 1. The molecule has 0 aliphatic carbocycles. The maximum atomic E-state index is 9.98. The van der Waals surface area contributed by atoms with Crippen LogP contribution in [0.15, 0.2) is 30.3 Å². The lowest BCUT2D eigenvalue weighted by Gasteiger charge is -1.93. The molecule has 1 rings (SSSR count). The predicted octanol–water partition coefficient (Wildman–Crippen LogP) is 2.68. The van der Waals surface area contributed by atoms with Crippen LogP contribution in [0.25, 0.3) is 0 Å². The molecule has 2 heteroatoms. The van der Waals surface area contributed by atoms with Crippen LogP contribution in [0.2, 0.25) is 0 Å². The molecule has 0 aliphatic rings. The Balaban J connectivity index is 0. The van der Waals surface area contributed by atoms with Gasteiger partial charge in [0.05, 0.1) is 0 Å². The van der Waals surface area contributed by atoms with E-state index in [0.717, 1.165) is 12.7 Å². The maximum Gasteiger partial charge on any atom is 0.120 e. The average molecular weight is 209 g/mol. The molecule has 1 aromatic carbocycles. The van der Waals surface area contributed by atoms with Crippen molar-refractivity contribution in [1.82, 2.24) is 5.32 Å². The highest BCUT2D eigenvalue weighted by Gasteiger charge is 1.87. The molecule has 0 unspecified atom stereocenters. The summed E-state index contributed by atoms with van der Waals surface area (Å²) < 4.78 is 0. The van der Waals surface area contributed by atoms with E-state index in [-0.39, 0.29) is 0 Å². The summed E-state index contributed by atoms with van der Waals surface area (Å²) >= 11 is 0. The summed E-state index contributed by atoms with van der Waals surface area (Å²) in [6.45, 7) is 4.00. The minimum Gasteiger partial charge on any atom is -0.323 e. The Morgan fingerprint density at radius 1 is 1.13 bits per heavy atom. The van der Waals surface area contributed by atoms with Gasteiger partial charge >= 0.3 is 0 Å². The molecule has 0 aliphatic heterocycles. The van der Waals surface area contributed by atoms with Crippen LogP contribution >= 0.6 is 0 Å². The molecule has 0 radical (unpaired) electrons. The lowest BCUT2D eigenvalue weighted by atomic mass is 10.1. The standard InChI is InChI=1S/C9H10O.C2H7N.C2H6/c10-8-4-7-9-5-2-1-3-6-9;1-3-2;1-2/h1-3,5-6,8H,4,7H2;3H,1-2H3;1-2H3. The first-order chi connectivity index (χ1) is 7.35. The molecule has 0 saturated heterocycles. The Morgan fingerprint density at radius 3 is 2.00 bits per heavy atom. The number of hydrogen-bond acceptors (Lipinski definition) is 2. The van der Waals surface area contributed by atoms with Crippen LogP contribution < -0.4 is 5.32 Å². The fourth-order valence-corrected chi connectivity index (χ4v) is 0.870. The molecule has 0 spiro atoms. The van der Waals surface area contributed by atoms with Crippen molar-refractivity contribution in [3.05, 3.63) is 35.9 Å². The van der Waals surface area contributed by atoms with Gasteiger partial charge in [0.15, 0.2) is 0 Å². The molecule has 0 heterocycles. The van der Waals surface area contributed by atoms with E-state index >= 15 is 0 Å². The number of nitrogens with one attached hydrogen (secondary N) is 1. The van der Waals surface area contributed by atoms with E-state index in [1.165, 1.54) is 5.56 Å². The molecule has 0 amide bonds. The van der Waals surface area contributed by atoms with Crippen LogP contribution in [0.1, 0.15) is 25.8 Å². The largest absolute Gasteiger partial charge is 0.323 e. The Morgan fingerprint density at radius 2 is 1.60 bits per heavy atom. The zero-order valence-corrected chi connectivity index (χ0v) is 10.3. The monoisotopic (exact) mass is 209 g/mol. The number of rotatable bonds is 3. The van der Waals surface area contributed by atoms with Crippen molar-refractivity contribution in [3.63, 3.8) is 0 Å². The van der Waals surface area contributed by atoms with Crippen LogP contribution in [0, 0.1) is 0 Å². The molecule has 1 N–H and O–H groups in total. The van der Waals surface area contributed by atoms with Gasteiger partial charge in [-0.3, -0.25) is 0 Å². The predicted molar refractivity (Wildman–Crippen MR) is 67.2 cm³/mol. The fourth-order valence-electron chi connectivity index (χ4n) is 0.870. The van der Waals surface area contributed by atoms with Gasteiger partial charge in [0, 0.05) is 6.42 Å². The molecule has 1 aromatic rings. The molecule has 0 bridgehead atoms. The second-order valence-corrected chi connectivity index (χ2v) is 2.69. The number of benzene rings is 1. The van der Waals surface area contributed by atoms with E-state index in [2.05, 4.69) is 5.32 Å². The van der Waals surface area contributed by atoms with Crippen LogP contribution in [-0.2, 0) is 11.2 Å². The third-order valence-corrected chi connectivity index (χ3v) is 1.39. The number of hydrogen-bond donors (Lipinski definition) is 1. The van der Waals surface area contributed by atoms with Crippen LogP contribution in [0.4, 0.5) is 0 Å². The van der Waals surface area contributed by atoms with Crippen LogP contribution in [-0.4, -0.2) is 20.4 Å². The normalized spacial score (nSPS) is 7.73. The average Bonchev–Trinajstić information content (AvgIpc) is 2.31. The summed E-state index contributed by atoms with van der Waals surface area (Å²) in [6.07, 6.45) is 2.45. The molecular weight excluding hydrogens is 186 g/mol. The van der Waals surface area contributed by atoms with Gasteiger partial charge in [-0.15, -0.1) is 0 Å². The van der Waals surface area contributed by atoms with Crippen molar-refractivity contribution in [3.8, 4) is 0 Å². The highest BCUT2D eigenvalue weighted by Crippen LogP contribution is 2.00. The van der Waals surface area contributed by atoms with Crippen molar-refractivity contribution >= 4 is 6.29 Å². The summed E-state index contributed by atoms with van der Waals surface area (Å²) in [6, 6.07) is 10.0. The number of aldehydes is 1. The first-order valence-electron chi connectivity index (χ1n) is 5.41. The second-order valence-electron chi connectivity index (χ2n) is 2.69. The summed E-state index contributed by atoms with van der Waals surface area (Å²) in [5, 5.41) is 2.75. The summed E-state index contributed by atoms with van der Waals surface area (Å²) in [5.74, 6) is 0. The van der Waals surface area contributed by atoms with Gasteiger partial charge in [-0.25, -0.2) is 0 Å². The summed E-state index contributed by atoms with van der Waals surface area (Å²) in [4.78, 5) is 9.98. The minimum atomic E-state index is 0.629. The highest BCUT2D eigenvalue weighted by atomic mass is 16.1. The summed E-state index contributed by atoms with van der Waals surface area (Å²) in [7, 11) is 3.75. The lowest BCUT2D eigenvalue weighted by Crippen LogP contribution is -1.89. The zero-order valence-electron chi connectivity index (χ0n) is 10.3. The van der Waals surface area contributed by atoms with E-state index in [1.807, 2.05) is 58.3 Å². The maximum absolute atomic E-state index is 9.98. The van der Waals surface area contributed by atoms with E-state index in [0.29, 0.717) is 6.42 Å². The first kappa shape index (κ1) is 16.3. The van der Waals surface area contributed by atoms with Crippen molar-refractivity contribution in [2.75, 3.05) is 14.1 Å². The minimum absolute atomic E-state index is 0.629. The van der Waals surface area contributed by atoms with Gasteiger partial charge in [0.25, 0.3) is 0 Å². The van der Waals surface area contributed by atoms with Gasteiger partial charge in [-0.2, -0.15) is 0 Å². The van der Waals surface area contributed by atoms with Crippen molar-refractivity contribution < 1.29 is 4.79 Å². The van der Waals surface area contributed by atoms with E-state index in [1.54, 1.807) is 0 Å². The van der Waals surface area contributed by atoms with E-state index in [9.17, 15) is 4.79 Å².